The van der Waals surface area contributed by atoms with Crippen LogP contribution in [0.15, 0.2) is 15.8 Å². The minimum Gasteiger partial charge on any atom is -0.463 e. The fraction of sp³-hybridized carbons (Fsp3) is 0.538. The summed E-state index contributed by atoms with van der Waals surface area (Å²) in [4.78, 5) is 47.6. The van der Waals surface area contributed by atoms with E-state index in [0.29, 0.717) is 0 Å². The minimum atomic E-state index is -0.869. The van der Waals surface area contributed by atoms with Gasteiger partial charge in [-0.3, -0.25) is 23.9 Å². The first-order valence-electron chi connectivity index (χ1n) is 6.72. The summed E-state index contributed by atoms with van der Waals surface area (Å²) < 4.78 is 16.7. The van der Waals surface area contributed by atoms with Crippen molar-refractivity contribution >= 4 is 23.5 Å². The molecule has 0 radical (unpaired) electrons. The lowest BCUT2D eigenvalue weighted by atomic mass is 10.1. The SMILES string of the molecule is CC(=O)OC[C@H]1OCC(n2cc(Cl)c(=O)[nH]c2=O)[C@@H]1OC(C)=O. The summed E-state index contributed by atoms with van der Waals surface area (Å²) in [6, 6.07) is -0.707. The number of H-pyrrole nitrogens is 1. The van der Waals surface area contributed by atoms with Crippen molar-refractivity contribution < 1.29 is 23.8 Å². The summed E-state index contributed by atoms with van der Waals surface area (Å²) in [6.07, 6.45) is -0.446. The zero-order chi connectivity index (χ0) is 17.1. The second kappa shape index (κ2) is 6.97. The van der Waals surface area contributed by atoms with Crippen LogP contribution in [0.1, 0.15) is 19.9 Å². The smallest absolute Gasteiger partial charge is 0.328 e. The molecule has 1 aliphatic rings. The predicted molar refractivity (Wildman–Crippen MR) is 77.3 cm³/mol. The Morgan fingerprint density at radius 3 is 2.70 bits per heavy atom. The van der Waals surface area contributed by atoms with E-state index in [1.165, 1.54) is 13.8 Å². The van der Waals surface area contributed by atoms with E-state index in [9.17, 15) is 19.2 Å². The van der Waals surface area contributed by atoms with Gasteiger partial charge in [0.05, 0.1) is 6.61 Å². The summed E-state index contributed by atoms with van der Waals surface area (Å²) >= 11 is 5.74. The third kappa shape index (κ3) is 3.99. The van der Waals surface area contributed by atoms with Crippen molar-refractivity contribution in [1.82, 2.24) is 9.55 Å². The van der Waals surface area contributed by atoms with Crippen molar-refractivity contribution in [3.8, 4) is 0 Å². The summed E-state index contributed by atoms with van der Waals surface area (Å²) in [6.45, 7) is 2.34. The molecule has 1 aliphatic heterocycles. The van der Waals surface area contributed by atoms with Gasteiger partial charge in [0.25, 0.3) is 5.56 Å². The van der Waals surface area contributed by atoms with Gasteiger partial charge in [0.15, 0.2) is 6.10 Å². The van der Waals surface area contributed by atoms with Gasteiger partial charge < -0.3 is 14.2 Å². The van der Waals surface area contributed by atoms with E-state index in [1.807, 2.05) is 0 Å². The number of rotatable bonds is 4. The highest BCUT2D eigenvalue weighted by Gasteiger charge is 2.42. The van der Waals surface area contributed by atoms with Gasteiger partial charge in [-0.25, -0.2) is 4.79 Å². The Balaban J connectivity index is 2.31. The van der Waals surface area contributed by atoms with Gasteiger partial charge in [-0.2, -0.15) is 0 Å². The van der Waals surface area contributed by atoms with Crippen molar-refractivity contribution in [3.05, 3.63) is 32.1 Å². The maximum atomic E-state index is 12.0. The standard InChI is InChI=1S/C13H15ClN2O7/c1-6(17)21-5-10-11(23-7(2)18)9(4-22-10)16-3-8(14)12(19)15-13(16)20/h3,9-11H,4-5H2,1-2H3,(H,15,19,20)/t9?,10-,11+/m1/s1. The van der Waals surface area contributed by atoms with Crippen LogP contribution in [0.25, 0.3) is 0 Å². The van der Waals surface area contributed by atoms with E-state index in [1.54, 1.807) is 0 Å². The Labute approximate surface area is 135 Å². The van der Waals surface area contributed by atoms with Gasteiger partial charge in [-0.1, -0.05) is 11.6 Å². The zero-order valence-electron chi connectivity index (χ0n) is 12.4. The maximum Gasteiger partial charge on any atom is 0.328 e. The highest BCUT2D eigenvalue weighted by atomic mass is 35.5. The van der Waals surface area contributed by atoms with Crippen molar-refractivity contribution in [2.24, 2.45) is 0 Å². The number of carbonyl (C=O) groups is 2. The van der Waals surface area contributed by atoms with Crippen LogP contribution in [-0.2, 0) is 23.8 Å². The molecule has 0 aliphatic carbocycles. The van der Waals surface area contributed by atoms with Crippen LogP contribution in [0.3, 0.4) is 0 Å². The number of ether oxygens (including phenoxy) is 3. The summed E-state index contributed by atoms with van der Waals surface area (Å²) in [7, 11) is 0. The summed E-state index contributed by atoms with van der Waals surface area (Å²) in [5, 5.41) is -0.186. The lowest BCUT2D eigenvalue weighted by molar-refractivity contribution is -0.155. The molecule has 3 atom stereocenters. The molecule has 23 heavy (non-hydrogen) atoms. The molecular formula is C13H15ClN2O7. The van der Waals surface area contributed by atoms with E-state index in [4.69, 9.17) is 25.8 Å². The highest BCUT2D eigenvalue weighted by molar-refractivity contribution is 6.30. The molecule has 1 aromatic rings. The van der Waals surface area contributed by atoms with Crippen LogP contribution >= 0.6 is 11.6 Å². The van der Waals surface area contributed by atoms with Crippen LogP contribution in [0, 0.1) is 0 Å². The molecule has 10 heteroatoms. The molecule has 126 valence electrons. The summed E-state index contributed by atoms with van der Waals surface area (Å²) in [5.74, 6) is -1.09. The number of hydrogen-bond acceptors (Lipinski definition) is 7. The number of carbonyl (C=O) groups excluding carboxylic acids is 2. The third-order valence-electron chi connectivity index (χ3n) is 3.26. The van der Waals surface area contributed by atoms with Crippen LogP contribution < -0.4 is 11.2 Å². The van der Waals surface area contributed by atoms with E-state index in [0.717, 1.165) is 10.8 Å². The average Bonchev–Trinajstić information content (AvgIpc) is 2.82. The van der Waals surface area contributed by atoms with E-state index in [-0.39, 0.29) is 18.2 Å². The van der Waals surface area contributed by atoms with Crippen molar-refractivity contribution in [2.75, 3.05) is 13.2 Å². The third-order valence-corrected chi connectivity index (χ3v) is 3.53. The molecular weight excluding hydrogens is 332 g/mol. The van der Waals surface area contributed by atoms with Gasteiger partial charge in [0, 0.05) is 20.0 Å². The minimum absolute atomic E-state index is 0.0200. The molecule has 0 amide bonds. The molecule has 0 bridgehead atoms. The second-order valence-electron chi connectivity index (χ2n) is 4.96. The molecule has 2 rings (SSSR count). The molecule has 1 unspecified atom stereocenters. The molecule has 1 saturated heterocycles. The largest absolute Gasteiger partial charge is 0.463 e. The Kier molecular flexibility index (Phi) is 5.22. The molecule has 0 saturated carbocycles. The Morgan fingerprint density at radius 1 is 1.39 bits per heavy atom. The fourth-order valence-corrected chi connectivity index (χ4v) is 2.45. The van der Waals surface area contributed by atoms with E-state index in [2.05, 4.69) is 4.98 Å². The first-order valence-corrected chi connectivity index (χ1v) is 7.10. The number of nitrogens with one attached hydrogen (secondary N) is 1. The van der Waals surface area contributed by atoms with Gasteiger partial charge in [-0.15, -0.1) is 0 Å². The van der Waals surface area contributed by atoms with Crippen LogP contribution in [0.4, 0.5) is 0 Å². The zero-order valence-corrected chi connectivity index (χ0v) is 13.2. The molecule has 0 spiro atoms. The van der Waals surface area contributed by atoms with Crippen LogP contribution in [0.5, 0.6) is 0 Å². The topological polar surface area (TPSA) is 117 Å². The first-order chi connectivity index (χ1) is 10.8. The second-order valence-corrected chi connectivity index (χ2v) is 5.37. The van der Waals surface area contributed by atoms with Gasteiger partial charge >= 0.3 is 17.6 Å². The van der Waals surface area contributed by atoms with Crippen LogP contribution in [-0.4, -0.2) is 46.9 Å². The number of aromatic nitrogens is 2. The number of nitrogens with zero attached hydrogens (tertiary/aromatic N) is 1. The average molecular weight is 347 g/mol. The molecule has 1 fully saturated rings. The Hall–Kier alpha value is -2.13. The highest BCUT2D eigenvalue weighted by Crippen LogP contribution is 2.27. The molecule has 1 N–H and O–H groups in total. The molecule has 1 aromatic heterocycles. The van der Waals surface area contributed by atoms with E-state index < -0.39 is 41.4 Å². The van der Waals surface area contributed by atoms with Gasteiger partial charge in [-0.05, 0) is 0 Å². The number of hydrogen-bond donors (Lipinski definition) is 1. The maximum absolute atomic E-state index is 12.0. The van der Waals surface area contributed by atoms with Crippen molar-refractivity contribution in [2.45, 2.75) is 32.1 Å². The van der Waals surface area contributed by atoms with Gasteiger partial charge in [0.2, 0.25) is 0 Å². The Bertz CT molecular complexity index is 726. The molecule has 2 heterocycles. The Morgan fingerprint density at radius 2 is 2.09 bits per heavy atom. The number of esters is 2. The predicted octanol–water partition coefficient (Wildman–Crippen LogP) is -0.375. The number of aromatic amines is 1. The first kappa shape index (κ1) is 17.2. The van der Waals surface area contributed by atoms with Crippen molar-refractivity contribution in [3.63, 3.8) is 0 Å². The fourth-order valence-electron chi connectivity index (χ4n) is 2.29. The van der Waals surface area contributed by atoms with Crippen molar-refractivity contribution in [1.29, 1.82) is 0 Å². The molecule has 0 aromatic carbocycles. The normalized spacial score (nSPS) is 23.5. The quantitative estimate of drug-likeness (QED) is 0.739. The monoisotopic (exact) mass is 346 g/mol. The van der Waals surface area contributed by atoms with Gasteiger partial charge in [0.1, 0.15) is 23.8 Å². The number of halogens is 1. The molecule has 9 nitrogen and oxygen atoms in total. The lowest BCUT2D eigenvalue weighted by Crippen LogP contribution is -2.41. The summed E-state index contributed by atoms with van der Waals surface area (Å²) in [5.41, 5.74) is -1.43. The van der Waals surface area contributed by atoms with E-state index >= 15 is 0 Å². The lowest BCUT2D eigenvalue weighted by Gasteiger charge is -2.23. The van der Waals surface area contributed by atoms with Crippen LogP contribution in [0.2, 0.25) is 5.02 Å².